The SMILES string of the molecule is O=S(=O)([O-])c1ccc2c(NNc3c([O-])cc(S(=O)(=O)O)c4ccccc34)c([O-])c(S(=O)(=O)O)cc2c1.[Na+].[Na+].[Na+]. The van der Waals surface area contributed by atoms with E-state index >= 15 is 0 Å². The van der Waals surface area contributed by atoms with Crippen LogP contribution in [0.1, 0.15) is 0 Å². The summed E-state index contributed by atoms with van der Waals surface area (Å²) in [7, 11) is -14.8. The van der Waals surface area contributed by atoms with E-state index in [1.807, 2.05) is 0 Å². The van der Waals surface area contributed by atoms with Crippen LogP contribution >= 0.6 is 0 Å². The summed E-state index contributed by atoms with van der Waals surface area (Å²) < 4.78 is 100.0. The summed E-state index contributed by atoms with van der Waals surface area (Å²) in [6.45, 7) is 0. The van der Waals surface area contributed by atoms with Gasteiger partial charge in [0.25, 0.3) is 20.2 Å². The van der Waals surface area contributed by atoms with Crippen molar-refractivity contribution in [3.05, 3.63) is 54.6 Å². The van der Waals surface area contributed by atoms with Gasteiger partial charge in [-0.1, -0.05) is 41.8 Å². The standard InChI is InChI=1S/C20H16N2O11S3.3Na/c23-15-9-16(35(28,29)30)13-3-1-2-4-14(13)18(15)21-22-19-12-6-5-11(34(25,26)27)7-10(12)8-17(20(19)24)36(31,32)33;;;/h1-9,21-24H,(H,25,26,27)(H,28,29,30)(H,31,32,33);;;/q;3*+1/p-3. The molecule has 0 unspecified atom stereocenters. The molecule has 0 aromatic heterocycles. The second kappa shape index (κ2) is 13.1. The Hall–Kier alpha value is -0.670. The van der Waals surface area contributed by atoms with Gasteiger partial charge in [0.15, 0.2) is 0 Å². The Balaban J connectivity index is 0.00000253. The molecule has 0 fully saturated rings. The van der Waals surface area contributed by atoms with Crippen LogP contribution in [0.25, 0.3) is 21.5 Å². The van der Waals surface area contributed by atoms with Crippen LogP contribution in [0.4, 0.5) is 11.4 Å². The zero-order valence-corrected chi connectivity index (χ0v) is 28.9. The fourth-order valence-electron chi connectivity index (χ4n) is 3.60. The van der Waals surface area contributed by atoms with Crippen LogP contribution in [0.2, 0.25) is 0 Å². The van der Waals surface area contributed by atoms with E-state index in [9.17, 15) is 49.1 Å². The van der Waals surface area contributed by atoms with Crippen molar-refractivity contribution >= 4 is 63.3 Å². The monoisotopic (exact) mass is 622 g/mol. The van der Waals surface area contributed by atoms with E-state index in [0.717, 1.165) is 18.2 Å². The number of hydrogen-bond acceptors (Lipinski definition) is 11. The summed E-state index contributed by atoms with van der Waals surface area (Å²) in [4.78, 5) is -2.54. The molecule has 0 heterocycles. The van der Waals surface area contributed by atoms with Gasteiger partial charge in [-0.25, -0.2) is 8.42 Å². The largest absolute Gasteiger partial charge is 1.00 e. The number of benzene rings is 4. The van der Waals surface area contributed by atoms with Gasteiger partial charge in [0.2, 0.25) is 0 Å². The van der Waals surface area contributed by atoms with Gasteiger partial charge >= 0.3 is 88.7 Å². The van der Waals surface area contributed by atoms with Crippen LogP contribution < -0.4 is 110 Å². The Morgan fingerprint density at radius 2 is 1.18 bits per heavy atom. The first-order chi connectivity index (χ1) is 16.6. The van der Waals surface area contributed by atoms with E-state index in [0.29, 0.717) is 12.1 Å². The fourth-order valence-corrected chi connectivity index (χ4v) is 5.43. The van der Waals surface area contributed by atoms with Gasteiger partial charge in [0.05, 0.1) is 21.2 Å². The molecular formula is C20H13N2Na3O11S3. The van der Waals surface area contributed by atoms with Crippen LogP contribution in [-0.2, 0) is 30.4 Å². The summed E-state index contributed by atoms with van der Waals surface area (Å²) >= 11 is 0. The van der Waals surface area contributed by atoms with E-state index in [4.69, 9.17) is 0 Å². The van der Waals surface area contributed by atoms with Crippen LogP contribution in [0.5, 0.6) is 11.5 Å². The van der Waals surface area contributed by atoms with Crippen molar-refractivity contribution in [2.24, 2.45) is 0 Å². The molecule has 0 spiro atoms. The second-order valence-electron chi connectivity index (χ2n) is 7.41. The number of hydrogen-bond donors (Lipinski definition) is 4. The van der Waals surface area contributed by atoms with Crippen molar-refractivity contribution in [1.29, 1.82) is 0 Å². The number of fused-ring (bicyclic) bond motifs is 2. The van der Waals surface area contributed by atoms with Crippen molar-refractivity contribution in [2.75, 3.05) is 10.9 Å². The normalized spacial score (nSPS) is 11.7. The van der Waals surface area contributed by atoms with Gasteiger partial charge < -0.3 is 25.6 Å². The first kappa shape index (κ1) is 36.4. The fraction of sp³-hybridized carbons (Fsp3) is 0. The first-order valence-electron chi connectivity index (χ1n) is 9.52. The number of rotatable bonds is 6. The summed E-state index contributed by atoms with van der Waals surface area (Å²) in [6.07, 6.45) is 0. The predicted octanol–water partition coefficient (Wildman–Crippen LogP) is -8.01. The number of anilines is 2. The molecule has 4 aromatic rings. The minimum Gasteiger partial charge on any atom is -0.871 e. The van der Waals surface area contributed by atoms with Gasteiger partial charge in [-0.3, -0.25) is 9.11 Å². The van der Waals surface area contributed by atoms with E-state index < -0.39 is 62.2 Å². The van der Waals surface area contributed by atoms with Gasteiger partial charge in [0, 0.05) is 16.2 Å². The zero-order valence-electron chi connectivity index (χ0n) is 20.5. The zero-order chi connectivity index (χ0) is 26.6. The minimum absolute atomic E-state index is 0. The van der Waals surface area contributed by atoms with Gasteiger partial charge in [-0.2, -0.15) is 16.8 Å². The smallest absolute Gasteiger partial charge is 0.871 e. The topological polar surface area (TPSA) is 236 Å². The van der Waals surface area contributed by atoms with Gasteiger partial charge in [-0.05, 0) is 29.7 Å². The van der Waals surface area contributed by atoms with Crippen molar-refractivity contribution in [1.82, 2.24) is 0 Å². The molecule has 0 aliphatic rings. The molecular weight excluding hydrogens is 609 g/mol. The maximum Gasteiger partial charge on any atom is 1.00 e. The minimum atomic E-state index is -5.11. The van der Waals surface area contributed by atoms with Crippen LogP contribution in [0.3, 0.4) is 0 Å². The van der Waals surface area contributed by atoms with Gasteiger partial charge in [-0.15, -0.1) is 0 Å². The van der Waals surface area contributed by atoms with Crippen molar-refractivity contribution < 1.29 is 138 Å². The summed E-state index contributed by atoms with van der Waals surface area (Å²) in [5.74, 6) is -2.20. The average Bonchev–Trinajstić information content (AvgIpc) is 2.76. The molecule has 0 bridgehead atoms. The molecule has 0 amide bonds. The maximum absolute atomic E-state index is 12.9. The molecule has 0 radical (unpaired) electrons. The Morgan fingerprint density at radius 3 is 1.72 bits per heavy atom. The van der Waals surface area contributed by atoms with E-state index in [1.165, 1.54) is 24.3 Å². The molecule has 39 heavy (non-hydrogen) atoms. The molecule has 0 aliphatic carbocycles. The summed E-state index contributed by atoms with van der Waals surface area (Å²) in [5.41, 5.74) is 3.93. The molecule has 19 heteroatoms. The summed E-state index contributed by atoms with van der Waals surface area (Å²) in [6, 6.07) is 9.58. The third-order valence-corrected chi connectivity index (χ3v) is 7.74. The van der Waals surface area contributed by atoms with E-state index in [1.54, 1.807) is 0 Å². The third kappa shape index (κ3) is 7.59. The number of hydrazine groups is 1. The Morgan fingerprint density at radius 1 is 0.641 bits per heavy atom. The van der Waals surface area contributed by atoms with Crippen molar-refractivity contribution in [3.8, 4) is 11.5 Å². The molecule has 0 saturated carbocycles. The molecule has 0 saturated heterocycles. The molecule has 190 valence electrons. The number of nitrogens with one attached hydrogen (secondary N) is 2. The van der Waals surface area contributed by atoms with Crippen LogP contribution in [0, 0.1) is 0 Å². The van der Waals surface area contributed by atoms with Gasteiger partial charge in [0.1, 0.15) is 15.0 Å². The molecule has 0 aliphatic heterocycles. The third-order valence-electron chi connectivity index (χ3n) is 5.16. The molecule has 0 atom stereocenters. The molecule has 4 aromatic carbocycles. The molecule has 13 nitrogen and oxygen atoms in total. The predicted molar refractivity (Wildman–Crippen MR) is 122 cm³/mol. The maximum atomic E-state index is 12.9. The Kier molecular flexibility index (Phi) is 12.2. The first-order valence-corrected chi connectivity index (χ1v) is 13.8. The van der Waals surface area contributed by atoms with E-state index in [-0.39, 0.29) is 116 Å². The van der Waals surface area contributed by atoms with Crippen LogP contribution in [0.15, 0.2) is 69.3 Å². The molecule has 4 N–H and O–H groups in total. The second-order valence-corrected chi connectivity index (χ2v) is 11.6. The van der Waals surface area contributed by atoms with E-state index in [2.05, 4.69) is 10.9 Å². The average molecular weight is 622 g/mol. The molecule has 4 rings (SSSR count). The van der Waals surface area contributed by atoms with Crippen molar-refractivity contribution in [3.63, 3.8) is 0 Å². The summed E-state index contributed by atoms with van der Waals surface area (Å²) in [5, 5.41) is 25.2. The van der Waals surface area contributed by atoms with Crippen LogP contribution in [-0.4, -0.2) is 38.9 Å². The quantitative estimate of drug-likeness (QED) is 0.0889. The Bertz CT molecular complexity index is 1900. The van der Waals surface area contributed by atoms with Crippen molar-refractivity contribution in [2.45, 2.75) is 14.7 Å². The Labute approximate surface area is 289 Å².